The third kappa shape index (κ3) is 3.31. The van der Waals surface area contributed by atoms with Gasteiger partial charge in [-0.2, -0.15) is 0 Å². The zero-order valence-corrected chi connectivity index (χ0v) is 16.2. The first-order valence-electron chi connectivity index (χ1n) is 9.97. The maximum atomic E-state index is 12.4. The average Bonchev–Trinajstić information content (AvgIpc) is 3.46. The van der Waals surface area contributed by atoms with Gasteiger partial charge in [0.15, 0.2) is 5.69 Å². The number of hydrogen-bond acceptors (Lipinski definition) is 4. The van der Waals surface area contributed by atoms with Crippen molar-refractivity contribution in [3.05, 3.63) is 59.0 Å². The van der Waals surface area contributed by atoms with Crippen LogP contribution < -0.4 is 4.90 Å². The smallest absolute Gasteiger partial charge is 0.414 e. The van der Waals surface area contributed by atoms with E-state index >= 15 is 0 Å². The highest BCUT2D eigenvalue weighted by molar-refractivity contribution is 5.89. The number of hydrogen-bond donors (Lipinski definition) is 1. The fraction of sp³-hybridized carbons (Fsp3) is 0.364. The van der Waals surface area contributed by atoms with Crippen LogP contribution in [-0.4, -0.2) is 33.7 Å². The molecule has 7 nitrogen and oxygen atoms in total. The summed E-state index contributed by atoms with van der Waals surface area (Å²) in [5.41, 5.74) is 4.97. The van der Waals surface area contributed by atoms with Gasteiger partial charge < -0.3 is 9.72 Å². The molecule has 7 heteroatoms. The molecule has 5 rings (SSSR count). The number of nitrogens with zero attached hydrogens (tertiary/aromatic N) is 4. The maximum Gasteiger partial charge on any atom is 0.414 e. The summed E-state index contributed by atoms with van der Waals surface area (Å²) in [6, 6.07) is 9.39. The van der Waals surface area contributed by atoms with Crippen molar-refractivity contribution in [2.75, 3.05) is 11.4 Å². The summed E-state index contributed by atoms with van der Waals surface area (Å²) < 4.78 is 5.48. The molecule has 0 saturated heterocycles. The number of H-pyrrole nitrogens is 1. The molecule has 1 unspecified atom stereocenters. The van der Waals surface area contributed by atoms with Crippen molar-refractivity contribution < 1.29 is 9.53 Å². The summed E-state index contributed by atoms with van der Waals surface area (Å²) in [6.45, 7) is 9.89. The lowest BCUT2D eigenvalue weighted by atomic mass is 10.0. The van der Waals surface area contributed by atoms with Gasteiger partial charge >= 0.3 is 6.09 Å². The molecule has 3 heterocycles. The second-order valence-corrected chi connectivity index (χ2v) is 7.70. The van der Waals surface area contributed by atoms with Crippen molar-refractivity contribution in [2.45, 2.75) is 44.6 Å². The number of carbonyl (C=O) groups is 1. The predicted molar refractivity (Wildman–Crippen MR) is 109 cm³/mol. The Balaban J connectivity index is 1.43. The van der Waals surface area contributed by atoms with Crippen molar-refractivity contribution in [3.63, 3.8) is 0 Å². The molecule has 1 aliphatic heterocycles. The summed E-state index contributed by atoms with van der Waals surface area (Å²) >= 11 is 0. The number of rotatable bonds is 3. The van der Waals surface area contributed by atoms with Gasteiger partial charge in [-0.05, 0) is 56.9 Å². The number of fused-ring (bicyclic) bond motifs is 2. The lowest BCUT2D eigenvalue weighted by molar-refractivity contribution is 0.146. The van der Waals surface area contributed by atoms with E-state index in [1.165, 1.54) is 0 Å². The average molecular weight is 387 g/mol. The number of pyridine rings is 1. The third-order valence-corrected chi connectivity index (χ3v) is 5.54. The molecule has 29 heavy (non-hydrogen) atoms. The van der Waals surface area contributed by atoms with Gasteiger partial charge in [0.1, 0.15) is 11.9 Å². The van der Waals surface area contributed by atoms with Crippen LogP contribution in [0.4, 0.5) is 16.2 Å². The first-order valence-corrected chi connectivity index (χ1v) is 9.97. The minimum atomic E-state index is -0.260. The van der Waals surface area contributed by atoms with E-state index in [0.29, 0.717) is 12.2 Å². The van der Waals surface area contributed by atoms with E-state index in [-0.39, 0.29) is 18.1 Å². The van der Waals surface area contributed by atoms with Gasteiger partial charge in [0.25, 0.3) is 0 Å². The summed E-state index contributed by atoms with van der Waals surface area (Å²) in [4.78, 5) is 30.5. The number of imidazole rings is 1. The van der Waals surface area contributed by atoms with Gasteiger partial charge in [-0.3, -0.25) is 9.88 Å². The van der Waals surface area contributed by atoms with E-state index in [2.05, 4.69) is 21.7 Å². The Kier molecular flexibility index (Phi) is 4.20. The zero-order valence-electron chi connectivity index (χ0n) is 16.2. The normalized spacial score (nSPS) is 16.9. The van der Waals surface area contributed by atoms with Gasteiger partial charge in [0.05, 0.1) is 40.6 Å². The van der Waals surface area contributed by atoms with Gasteiger partial charge in [0, 0.05) is 6.54 Å². The van der Waals surface area contributed by atoms with Crippen LogP contribution in [0.1, 0.15) is 49.3 Å². The molecule has 1 atom stereocenters. The molecule has 1 N–H and O–H groups in total. The van der Waals surface area contributed by atoms with Crippen LogP contribution in [0.2, 0.25) is 0 Å². The SMILES string of the molecule is [C-]#[N+]c1ccc2nc(C(C)c3ccc4c(n3)CCCN4C(=O)OC3CC3)[nH]c2c1. The van der Waals surface area contributed by atoms with Crippen LogP contribution in [-0.2, 0) is 11.2 Å². The Morgan fingerprint density at radius 1 is 1.31 bits per heavy atom. The number of aromatic amines is 1. The zero-order chi connectivity index (χ0) is 20.0. The first kappa shape index (κ1) is 17.7. The van der Waals surface area contributed by atoms with E-state index in [1.54, 1.807) is 11.0 Å². The summed E-state index contributed by atoms with van der Waals surface area (Å²) in [5, 5.41) is 0. The van der Waals surface area contributed by atoms with E-state index in [1.807, 2.05) is 24.3 Å². The number of amides is 1. The van der Waals surface area contributed by atoms with Crippen molar-refractivity contribution in [3.8, 4) is 0 Å². The van der Waals surface area contributed by atoms with Crippen LogP contribution in [0.3, 0.4) is 0 Å². The van der Waals surface area contributed by atoms with E-state index in [9.17, 15) is 4.79 Å². The minimum Gasteiger partial charge on any atom is -0.446 e. The van der Waals surface area contributed by atoms with E-state index in [0.717, 1.165) is 59.6 Å². The molecular formula is C22H21N5O2. The molecule has 0 radical (unpaired) electrons. The van der Waals surface area contributed by atoms with Gasteiger partial charge in [-0.25, -0.2) is 14.6 Å². The highest BCUT2D eigenvalue weighted by Gasteiger charge is 2.31. The molecule has 1 aliphatic carbocycles. The number of aromatic nitrogens is 3. The summed E-state index contributed by atoms with van der Waals surface area (Å²) in [5.74, 6) is 0.785. The quantitative estimate of drug-likeness (QED) is 0.660. The Labute approximate surface area is 168 Å². The molecule has 1 saturated carbocycles. The first-order chi connectivity index (χ1) is 14.1. The standard InChI is InChI=1S/C22H21N5O2/c1-13(21-25-17-8-5-14(23-2)12-19(17)26-21)16-9-10-20-18(24-16)4-3-11-27(20)22(28)29-15-6-7-15/h5,8-10,12-13,15H,3-4,6-7,11H2,1H3,(H,25,26). The number of benzene rings is 1. The van der Waals surface area contributed by atoms with Crippen LogP contribution in [0.5, 0.6) is 0 Å². The van der Waals surface area contributed by atoms with Crippen LogP contribution in [0, 0.1) is 6.57 Å². The van der Waals surface area contributed by atoms with Crippen molar-refractivity contribution >= 4 is 28.5 Å². The minimum absolute atomic E-state index is 0.0297. The maximum absolute atomic E-state index is 12.4. The van der Waals surface area contributed by atoms with Crippen LogP contribution in [0.25, 0.3) is 15.9 Å². The molecule has 1 aromatic carbocycles. The topological polar surface area (TPSA) is 75.5 Å². The highest BCUT2D eigenvalue weighted by atomic mass is 16.6. The van der Waals surface area contributed by atoms with Gasteiger partial charge in [-0.15, -0.1) is 0 Å². The largest absolute Gasteiger partial charge is 0.446 e. The van der Waals surface area contributed by atoms with Crippen LogP contribution in [0.15, 0.2) is 30.3 Å². The Bertz CT molecular complexity index is 1140. The molecule has 2 aromatic heterocycles. The number of anilines is 1. The second kappa shape index (κ2) is 6.89. The molecular weight excluding hydrogens is 366 g/mol. The lowest BCUT2D eigenvalue weighted by Crippen LogP contribution is -2.36. The Morgan fingerprint density at radius 3 is 2.97 bits per heavy atom. The Hall–Kier alpha value is -3.40. The highest BCUT2D eigenvalue weighted by Crippen LogP contribution is 2.32. The van der Waals surface area contributed by atoms with Crippen molar-refractivity contribution in [1.29, 1.82) is 0 Å². The van der Waals surface area contributed by atoms with E-state index in [4.69, 9.17) is 16.3 Å². The molecule has 146 valence electrons. The molecule has 0 bridgehead atoms. The van der Waals surface area contributed by atoms with E-state index < -0.39 is 0 Å². The predicted octanol–water partition coefficient (Wildman–Crippen LogP) is 4.71. The van der Waals surface area contributed by atoms with Crippen molar-refractivity contribution in [2.24, 2.45) is 0 Å². The number of nitrogens with one attached hydrogen (secondary N) is 1. The molecule has 3 aromatic rings. The van der Waals surface area contributed by atoms with Gasteiger partial charge in [0.2, 0.25) is 0 Å². The molecule has 0 spiro atoms. The monoisotopic (exact) mass is 387 g/mol. The second-order valence-electron chi connectivity index (χ2n) is 7.70. The lowest BCUT2D eigenvalue weighted by Gasteiger charge is -2.28. The molecule has 1 amide bonds. The van der Waals surface area contributed by atoms with Crippen molar-refractivity contribution in [1.82, 2.24) is 15.0 Å². The molecule has 2 aliphatic rings. The number of ether oxygens (including phenoxy) is 1. The Morgan fingerprint density at radius 2 is 2.17 bits per heavy atom. The third-order valence-electron chi connectivity index (χ3n) is 5.54. The summed E-state index contributed by atoms with van der Waals surface area (Å²) in [7, 11) is 0. The van der Waals surface area contributed by atoms with Crippen LogP contribution >= 0.6 is 0 Å². The summed E-state index contributed by atoms with van der Waals surface area (Å²) in [6.07, 6.45) is 3.49. The van der Waals surface area contributed by atoms with Gasteiger partial charge in [-0.1, -0.05) is 6.07 Å². The number of aryl methyl sites for hydroxylation is 1. The fourth-order valence-corrected chi connectivity index (χ4v) is 3.72. The number of carbonyl (C=O) groups excluding carboxylic acids is 1. The fourth-order valence-electron chi connectivity index (χ4n) is 3.72. The molecule has 1 fully saturated rings.